The van der Waals surface area contributed by atoms with Gasteiger partial charge in [-0.1, -0.05) is 23.2 Å². The first-order valence-electron chi connectivity index (χ1n) is 6.82. The third kappa shape index (κ3) is 2.56. The van der Waals surface area contributed by atoms with Crippen LogP contribution < -0.4 is 9.47 Å². The van der Waals surface area contributed by atoms with Gasteiger partial charge in [-0.05, 0) is 24.3 Å². The van der Waals surface area contributed by atoms with E-state index >= 15 is 0 Å². The molecule has 0 fully saturated rings. The normalized spacial score (nSPS) is 10.8. The third-order valence-corrected chi connectivity index (χ3v) is 4.46. The average molecular weight is 367 g/mol. The van der Waals surface area contributed by atoms with E-state index in [4.69, 9.17) is 37.1 Å². The average Bonchev–Trinajstić information content (AvgIpc) is 3.02. The fraction of sp³-hybridized carbons (Fsp3) is 0.118. The van der Waals surface area contributed by atoms with E-state index in [-0.39, 0.29) is 32.7 Å². The summed E-state index contributed by atoms with van der Waals surface area (Å²) in [6.45, 7) is 0. The number of carbonyl (C=O) groups excluding carboxylic acids is 1. The van der Waals surface area contributed by atoms with Gasteiger partial charge in [0, 0.05) is 10.9 Å². The first-order chi connectivity index (χ1) is 11.5. The Morgan fingerprint density at radius 2 is 1.79 bits per heavy atom. The minimum absolute atomic E-state index is 0.0244. The number of hydrogen-bond donors (Lipinski definition) is 1. The molecule has 0 unspecified atom stereocenters. The predicted molar refractivity (Wildman–Crippen MR) is 90.9 cm³/mol. The van der Waals surface area contributed by atoms with E-state index in [1.54, 1.807) is 18.2 Å². The van der Waals surface area contributed by atoms with Gasteiger partial charge >= 0.3 is 0 Å². The van der Waals surface area contributed by atoms with Gasteiger partial charge in [0.25, 0.3) is 0 Å². The molecule has 2 aromatic carbocycles. The first-order valence-corrected chi connectivity index (χ1v) is 7.58. The molecule has 1 aromatic heterocycles. The van der Waals surface area contributed by atoms with Crippen LogP contribution in [0.2, 0.25) is 10.0 Å². The van der Waals surface area contributed by atoms with Crippen LogP contribution in [0.4, 0.5) is 0 Å². The van der Waals surface area contributed by atoms with Crippen LogP contribution in [0.15, 0.2) is 34.9 Å². The number of hydrogen-bond acceptors (Lipinski definition) is 5. The number of ether oxygens (including phenoxy) is 2. The Balaban J connectivity index is 2.13. The van der Waals surface area contributed by atoms with Crippen molar-refractivity contribution >= 4 is 40.0 Å². The molecular weight excluding hydrogens is 355 g/mol. The Morgan fingerprint density at radius 1 is 1.08 bits per heavy atom. The van der Waals surface area contributed by atoms with Crippen LogP contribution in [-0.2, 0) is 0 Å². The molecule has 7 heteroatoms. The molecule has 0 amide bonds. The summed E-state index contributed by atoms with van der Waals surface area (Å²) in [6, 6.07) is 6.16. The lowest BCUT2D eigenvalue weighted by molar-refractivity contribution is 0.103. The molecule has 0 aliphatic heterocycles. The van der Waals surface area contributed by atoms with Crippen molar-refractivity contribution in [3.8, 4) is 17.2 Å². The molecule has 0 saturated heterocycles. The second kappa shape index (κ2) is 6.26. The molecule has 0 atom stereocenters. The van der Waals surface area contributed by atoms with E-state index in [9.17, 15) is 9.90 Å². The summed E-state index contributed by atoms with van der Waals surface area (Å²) in [5.74, 6) is 0.406. The molecule has 0 bridgehead atoms. The van der Waals surface area contributed by atoms with Crippen LogP contribution in [0.1, 0.15) is 15.9 Å². The van der Waals surface area contributed by atoms with E-state index in [0.29, 0.717) is 22.4 Å². The molecule has 0 radical (unpaired) electrons. The zero-order chi connectivity index (χ0) is 17.4. The van der Waals surface area contributed by atoms with E-state index in [2.05, 4.69) is 0 Å². The van der Waals surface area contributed by atoms with E-state index in [1.165, 1.54) is 26.5 Å². The van der Waals surface area contributed by atoms with Crippen LogP contribution in [0, 0.1) is 0 Å². The van der Waals surface area contributed by atoms with E-state index < -0.39 is 0 Å². The number of aromatic hydroxyl groups is 1. The standard InChI is InChI=1S/C17H12Cl2O5/c1-22-12-4-3-8(5-13(12)23-2)16(21)10-7-24-17-9(10)6-11(20)14(18)15(17)19/h3-7,20H,1-2H3. The van der Waals surface area contributed by atoms with Gasteiger partial charge in [0.1, 0.15) is 22.1 Å². The molecule has 5 nitrogen and oxygen atoms in total. The minimum atomic E-state index is -0.313. The second-order valence-electron chi connectivity index (χ2n) is 4.95. The van der Waals surface area contributed by atoms with Crippen LogP contribution in [0.3, 0.4) is 0 Å². The second-order valence-corrected chi connectivity index (χ2v) is 5.70. The maximum absolute atomic E-state index is 12.8. The van der Waals surface area contributed by atoms with E-state index in [1.807, 2.05) is 0 Å². The number of methoxy groups -OCH3 is 2. The number of rotatable bonds is 4. The van der Waals surface area contributed by atoms with Crippen molar-refractivity contribution in [1.82, 2.24) is 0 Å². The molecule has 3 aromatic rings. The molecule has 3 rings (SSSR count). The maximum atomic E-state index is 12.8. The molecule has 0 spiro atoms. The van der Waals surface area contributed by atoms with Gasteiger partial charge in [-0.3, -0.25) is 4.79 Å². The van der Waals surface area contributed by atoms with Crippen molar-refractivity contribution in [2.24, 2.45) is 0 Å². The first kappa shape index (κ1) is 16.5. The van der Waals surface area contributed by atoms with Crippen LogP contribution in [0.25, 0.3) is 11.0 Å². The van der Waals surface area contributed by atoms with Crippen LogP contribution in [0.5, 0.6) is 17.2 Å². The van der Waals surface area contributed by atoms with Crippen molar-refractivity contribution in [2.75, 3.05) is 14.2 Å². The van der Waals surface area contributed by atoms with Gasteiger partial charge in [0.15, 0.2) is 22.9 Å². The molecule has 0 aliphatic carbocycles. The fourth-order valence-corrected chi connectivity index (χ4v) is 2.78. The Morgan fingerprint density at radius 3 is 2.46 bits per heavy atom. The summed E-state index contributed by atoms with van der Waals surface area (Å²) in [7, 11) is 3.00. The van der Waals surface area contributed by atoms with Crippen LogP contribution >= 0.6 is 23.2 Å². The molecule has 24 heavy (non-hydrogen) atoms. The highest BCUT2D eigenvalue weighted by atomic mass is 35.5. The molecule has 0 aliphatic rings. The van der Waals surface area contributed by atoms with Gasteiger partial charge in [-0.25, -0.2) is 0 Å². The third-order valence-electron chi connectivity index (χ3n) is 3.62. The predicted octanol–water partition coefficient (Wildman–Crippen LogP) is 4.69. The van der Waals surface area contributed by atoms with Gasteiger partial charge < -0.3 is 19.0 Å². The van der Waals surface area contributed by atoms with Crippen molar-refractivity contribution in [3.05, 3.63) is 51.7 Å². The lowest BCUT2D eigenvalue weighted by Gasteiger charge is -2.08. The number of furan rings is 1. The molecule has 1 N–H and O–H groups in total. The van der Waals surface area contributed by atoms with Crippen LogP contribution in [-0.4, -0.2) is 25.1 Å². The van der Waals surface area contributed by atoms with Crippen molar-refractivity contribution in [1.29, 1.82) is 0 Å². The SMILES string of the molecule is COc1ccc(C(=O)c2coc3c(Cl)c(Cl)c(O)cc23)cc1OC. The van der Waals surface area contributed by atoms with Gasteiger partial charge in [-0.2, -0.15) is 0 Å². The number of benzene rings is 2. The monoisotopic (exact) mass is 366 g/mol. The van der Waals surface area contributed by atoms with Gasteiger partial charge in [-0.15, -0.1) is 0 Å². The highest BCUT2D eigenvalue weighted by Crippen LogP contribution is 2.40. The smallest absolute Gasteiger partial charge is 0.197 e. The van der Waals surface area contributed by atoms with Crippen molar-refractivity contribution in [3.63, 3.8) is 0 Å². The lowest BCUT2D eigenvalue weighted by Crippen LogP contribution is -2.01. The summed E-state index contributed by atoms with van der Waals surface area (Å²) >= 11 is 11.9. The summed E-state index contributed by atoms with van der Waals surface area (Å²) in [4.78, 5) is 12.8. The molecular formula is C17H12Cl2O5. The molecule has 124 valence electrons. The molecule has 0 saturated carbocycles. The highest BCUT2D eigenvalue weighted by molar-refractivity contribution is 6.46. The zero-order valence-electron chi connectivity index (χ0n) is 12.7. The Labute approximate surface area is 147 Å². The zero-order valence-corrected chi connectivity index (χ0v) is 14.2. The Bertz CT molecular complexity index is 946. The Hall–Kier alpha value is -2.37. The highest BCUT2D eigenvalue weighted by Gasteiger charge is 2.21. The maximum Gasteiger partial charge on any atom is 0.197 e. The largest absolute Gasteiger partial charge is 0.506 e. The number of fused-ring (bicyclic) bond motifs is 1. The number of halogens is 2. The number of phenolic OH excluding ortho intramolecular Hbond substituents is 1. The quantitative estimate of drug-likeness (QED) is 0.678. The number of carbonyl (C=O) groups is 1. The minimum Gasteiger partial charge on any atom is -0.506 e. The fourth-order valence-electron chi connectivity index (χ4n) is 2.40. The van der Waals surface area contributed by atoms with Gasteiger partial charge in [0.2, 0.25) is 0 Å². The van der Waals surface area contributed by atoms with E-state index in [0.717, 1.165) is 0 Å². The number of ketones is 1. The Kier molecular flexibility index (Phi) is 4.30. The summed E-state index contributed by atoms with van der Waals surface area (Å²) < 4.78 is 15.7. The molecule has 1 heterocycles. The number of phenols is 1. The lowest BCUT2D eigenvalue weighted by atomic mass is 10.0. The summed E-state index contributed by atoms with van der Waals surface area (Å²) in [5, 5.41) is 10.2. The summed E-state index contributed by atoms with van der Waals surface area (Å²) in [6.07, 6.45) is 1.28. The van der Waals surface area contributed by atoms with Crippen molar-refractivity contribution in [2.45, 2.75) is 0 Å². The topological polar surface area (TPSA) is 68.9 Å². The van der Waals surface area contributed by atoms with Crippen molar-refractivity contribution < 1.29 is 23.8 Å². The summed E-state index contributed by atoms with van der Waals surface area (Å²) in [5.41, 5.74) is 0.871. The van der Waals surface area contributed by atoms with Gasteiger partial charge in [0.05, 0.1) is 19.8 Å².